The van der Waals surface area contributed by atoms with E-state index in [1.165, 1.54) is 0 Å². The lowest BCUT2D eigenvalue weighted by atomic mass is 9.93. The van der Waals surface area contributed by atoms with Crippen LogP contribution in [0, 0.1) is 0 Å². The number of carbonyl (C=O) groups excluding carboxylic acids is 1. The van der Waals surface area contributed by atoms with Crippen LogP contribution < -0.4 is 15.2 Å². The van der Waals surface area contributed by atoms with E-state index in [4.69, 9.17) is 15.2 Å². The fraction of sp³-hybridized carbons (Fsp3) is 0.312. The predicted molar refractivity (Wildman–Crippen MR) is 92.8 cm³/mol. The van der Waals surface area contributed by atoms with E-state index in [1.807, 2.05) is 30.3 Å². The molecule has 2 aromatic rings. The molecule has 1 aromatic carbocycles. The van der Waals surface area contributed by atoms with Crippen LogP contribution in [0.4, 0.5) is 0 Å². The summed E-state index contributed by atoms with van der Waals surface area (Å²) in [6.45, 7) is 0.493. The number of β-lactam (4-membered cyclic amide) rings is 1. The van der Waals surface area contributed by atoms with Gasteiger partial charge in [0.1, 0.15) is 6.04 Å². The highest BCUT2D eigenvalue weighted by Crippen LogP contribution is 2.40. The number of nitrogens with zero attached hydrogens (tertiary/aromatic N) is 1. The second-order valence-corrected chi connectivity index (χ2v) is 7.76. The highest BCUT2D eigenvalue weighted by atomic mass is 79.9. The third-order valence-electron chi connectivity index (χ3n) is 3.93. The maximum Gasteiger partial charge on any atom is 0.242 e. The largest absolute Gasteiger partial charge is 0.493 e. The van der Waals surface area contributed by atoms with E-state index in [0.29, 0.717) is 18.0 Å². The lowest BCUT2D eigenvalue weighted by Crippen LogP contribution is -2.62. The predicted octanol–water partition coefficient (Wildman–Crippen LogP) is 2.94. The van der Waals surface area contributed by atoms with Crippen molar-refractivity contribution in [2.75, 3.05) is 14.2 Å². The molecule has 3 rings (SSSR count). The molecular formula is C16H17BrN2O3S. The Bertz CT molecular complexity index is 734. The van der Waals surface area contributed by atoms with Crippen LogP contribution in [0.1, 0.15) is 16.5 Å². The number of hydrogen-bond acceptors (Lipinski definition) is 5. The van der Waals surface area contributed by atoms with Crippen LogP contribution in [-0.4, -0.2) is 31.1 Å². The summed E-state index contributed by atoms with van der Waals surface area (Å²) < 4.78 is 11.6. The van der Waals surface area contributed by atoms with E-state index < -0.39 is 6.04 Å². The van der Waals surface area contributed by atoms with Crippen molar-refractivity contribution in [2.24, 2.45) is 5.73 Å². The molecule has 23 heavy (non-hydrogen) atoms. The van der Waals surface area contributed by atoms with Gasteiger partial charge in [-0.1, -0.05) is 6.07 Å². The average molecular weight is 397 g/mol. The monoisotopic (exact) mass is 396 g/mol. The Morgan fingerprint density at radius 1 is 1.22 bits per heavy atom. The summed E-state index contributed by atoms with van der Waals surface area (Å²) in [5.41, 5.74) is 6.98. The van der Waals surface area contributed by atoms with E-state index in [0.717, 1.165) is 14.2 Å². The van der Waals surface area contributed by atoms with E-state index >= 15 is 0 Å². The molecule has 1 aromatic heterocycles. The molecule has 1 aliphatic heterocycles. The molecule has 2 unspecified atom stereocenters. The number of ether oxygens (including phenoxy) is 2. The van der Waals surface area contributed by atoms with Gasteiger partial charge in [0, 0.05) is 11.4 Å². The summed E-state index contributed by atoms with van der Waals surface area (Å²) in [6, 6.07) is 9.09. The third-order valence-corrected chi connectivity index (χ3v) is 5.62. The molecule has 1 amide bonds. The second kappa shape index (κ2) is 6.51. The Balaban J connectivity index is 1.82. The smallest absolute Gasteiger partial charge is 0.242 e. The lowest BCUT2D eigenvalue weighted by Gasteiger charge is -2.45. The zero-order chi connectivity index (χ0) is 16.6. The first-order chi connectivity index (χ1) is 11.0. The number of methoxy groups -OCH3 is 2. The lowest BCUT2D eigenvalue weighted by molar-refractivity contribution is -0.150. The highest BCUT2D eigenvalue weighted by Gasteiger charge is 2.46. The zero-order valence-electron chi connectivity index (χ0n) is 12.8. The van der Waals surface area contributed by atoms with Crippen LogP contribution in [0.2, 0.25) is 0 Å². The molecule has 2 N–H and O–H groups in total. The van der Waals surface area contributed by atoms with Gasteiger partial charge in [-0.25, -0.2) is 0 Å². The van der Waals surface area contributed by atoms with Gasteiger partial charge in [-0.2, -0.15) is 0 Å². The summed E-state index contributed by atoms with van der Waals surface area (Å²) in [7, 11) is 3.19. The van der Waals surface area contributed by atoms with E-state index in [1.54, 1.807) is 30.5 Å². The van der Waals surface area contributed by atoms with Crippen molar-refractivity contribution in [1.29, 1.82) is 0 Å². The van der Waals surface area contributed by atoms with E-state index in [9.17, 15) is 4.79 Å². The summed E-state index contributed by atoms with van der Waals surface area (Å²) in [6.07, 6.45) is 0. The van der Waals surface area contributed by atoms with Crippen molar-refractivity contribution >= 4 is 33.2 Å². The molecule has 122 valence electrons. The fourth-order valence-corrected chi connectivity index (χ4v) is 4.33. The quantitative estimate of drug-likeness (QED) is 0.788. The first kappa shape index (κ1) is 16.3. The number of rotatable bonds is 5. The van der Waals surface area contributed by atoms with Gasteiger partial charge in [0.15, 0.2) is 11.5 Å². The van der Waals surface area contributed by atoms with Gasteiger partial charge < -0.3 is 20.1 Å². The van der Waals surface area contributed by atoms with E-state index in [2.05, 4.69) is 15.9 Å². The van der Waals surface area contributed by atoms with Crippen molar-refractivity contribution in [3.8, 4) is 11.5 Å². The molecule has 2 atom stereocenters. The van der Waals surface area contributed by atoms with Gasteiger partial charge in [0.25, 0.3) is 0 Å². The number of likely N-dealkylation sites (tertiary alicyclic amines) is 1. The maximum atomic E-state index is 12.2. The number of halogens is 1. The topological polar surface area (TPSA) is 64.8 Å². The van der Waals surface area contributed by atoms with Crippen LogP contribution in [0.3, 0.4) is 0 Å². The molecule has 0 bridgehead atoms. The minimum absolute atomic E-state index is 0.0330. The minimum atomic E-state index is -0.472. The molecule has 1 fully saturated rings. The van der Waals surface area contributed by atoms with Crippen LogP contribution in [0.25, 0.3) is 0 Å². The minimum Gasteiger partial charge on any atom is -0.493 e. The summed E-state index contributed by atoms with van der Waals surface area (Å²) in [5, 5.41) is 0. The molecule has 5 nitrogen and oxygen atoms in total. The van der Waals surface area contributed by atoms with Crippen molar-refractivity contribution in [3.05, 3.63) is 44.6 Å². The fourth-order valence-electron chi connectivity index (χ4n) is 2.75. The second-order valence-electron chi connectivity index (χ2n) is 5.27. The Morgan fingerprint density at radius 2 is 1.96 bits per heavy atom. The van der Waals surface area contributed by atoms with Gasteiger partial charge >= 0.3 is 0 Å². The summed E-state index contributed by atoms with van der Waals surface area (Å²) in [5.74, 6) is 1.29. The van der Waals surface area contributed by atoms with Crippen LogP contribution in [-0.2, 0) is 11.3 Å². The van der Waals surface area contributed by atoms with E-state index in [-0.39, 0.29) is 11.9 Å². The average Bonchev–Trinajstić information content (AvgIpc) is 2.99. The van der Waals surface area contributed by atoms with Crippen molar-refractivity contribution < 1.29 is 14.3 Å². The number of hydrogen-bond donors (Lipinski definition) is 1. The molecule has 0 radical (unpaired) electrons. The zero-order valence-corrected chi connectivity index (χ0v) is 15.2. The number of nitrogens with two attached hydrogens (primary N) is 1. The third kappa shape index (κ3) is 2.96. The van der Waals surface area contributed by atoms with Gasteiger partial charge in [0.2, 0.25) is 5.91 Å². The van der Waals surface area contributed by atoms with Gasteiger partial charge in [-0.05, 0) is 45.8 Å². The van der Waals surface area contributed by atoms with Gasteiger partial charge in [0.05, 0.1) is 24.0 Å². The normalized spacial score (nSPS) is 20.3. The summed E-state index contributed by atoms with van der Waals surface area (Å²) >= 11 is 5.06. The Kier molecular flexibility index (Phi) is 4.61. The van der Waals surface area contributed by atoms with Crippen LogP contribution in [0.15, 0.2) is 34.1 Å². The number of carbonyl (C=O) groups is 1. The number of amides is 1. The maximum absolute atomic E-state index is 12.2. The first-order valence-corrected chi connectivity index (χ1v) is 8.68. The highest BCUT2D eigenvalue weighted by molar-refractivity contribution is 9.11. The Morgan fingerprint density at radius 3 is 2.57 bits per heavy atom. The van der Waals surface area contributed by atoms with Crippen molar-refractivity contribution in [3.63, 3.8) is 0 Å². The van der Waals surface area contributed by atoms with Crippen molar-refractivity contribution in [1.82, 2.24) is 4.90 Å². The number of thiophene rings is 1. The number of benzene rings is 1. The first-order valence-electron chi connectivity index (χ1n) is 7.07. The molecular weight excluding hydrogens is 380 g/mol. The summed E-state index contributed by atoms with van der Waals surface area (Å²) in [4.78, 5) is 15.1. The molecule has 2 heterocycles. The van der Waals surface area contributed by atoms with Crippen LogP contribution in [0.5, 0.6) is 11.5 Å². The molecule has 0 spiro atoms. The standard InChI is InChI=1S/C16H17BrN2O3S/c1-21-10-4-3-9(7-11(10)22-2)8-19-15(14(18)16(19)20)12-5-6-13(17)23-12/h3-7,14-15H,8,18H2,1-2H3. The molecule has 0 aliphatic carbocycles. The SMILES string of the molecule is COc1ccc(CN2C(=O)C(N)C2c2ccc(Br)s2)cc1OC. The van der Waals surface area contributed by atoms with Gasteiger partial charge in [-0.3, -0.25) is 4.79 Å². The van der Waals surface area contributed by atoms with Crippen LogP contribution >= 0.6 is 27.3 Å². The molecule has 7 heteroatoms. The molecule has 0 saturated carbocycles. The Hall–Kier alpha value is -1.57. The van der Waals surface area contributed by atoms with Crippen molar-refractivity contribution in [2.45, 2.75) is 18.6 Å². The van der Waals surface area contributed by atoms with Gasteiger partial charge in [-0.15, -0.1) is 11.3 Å². The Labute approximate surface area is 147 Å². The molecule has 1 saturated heterocycles. The molecule has 1 aliphatic rings.